The van der Waals surface area contributed by atoms with Gasteiger partial charge in [-0.15, -0.1) is 0 Å². The summed E-state index contributed by atoms with van der Waals surface area (Å²) < 4.78 is 53.4. The maximum atomic E-state index is 13.6. The van der Waals surface area contributed by atoms with E-state index in [2.05, 4.69) is 10.0 Å². The van der Waals surface area contributed by atoms with Gasteiger partial charge in [-0.05, 0) is 42.3 Å². The number of benzene rings is 2. The first-order chi connectivity index (χ1) is 11.3. The Kier molecular flexibility index (Phi) is 4.23. The van der Waals surface area contributed by atoms with Crippen molar-refractivity contribution in [3.63, 3.8) is 0 Å². The lowest BCUT2D eigenvalue weighted by Crippen LogP contribution is -2.31. The van der Waals surface area contributed by atoms with Crippen LogP contribution >= 0.6 is 0 Å². The van der Waals surface area contributed by atoms with Gasteiger partial charge in [0, 0.05) is 23.4 Å². The Morgan fingerprint density at radius 1 is 1.12 bits per heavy atom. The van der Waals surface area contributed by atoms with Crippen LogP contribution in [0.25, 0.3) is 0 Å². The first kappa shape index (κ1) is 16.4. The summed E-state index contributed by atoms with van der Waals surface area (Å²) in [4.78, 5) is 11.8. The number of rotatable bonds is 4. The van der Waals surface area contributed by atoms with Crippen LogP contribution < -0.4 is 10.0 Å². The van der Waals surface area contributed by atoms with Crippen molar-refractivity contribution in [3.05, 3.63) is 64.7 Å². The van der Waals surface area contributed by atoms with Crippen molar-refractivity contribution in [1.82, 2.24) is 5.32 Å². The first-order valence-corrected chi connectivity index (χ1v) is 8.85. The Balaban J connectivity index is 1.83. The minimum absolute atomic E-state index is 0.197. The summed E-state index contributed by atoms with van der Waals surface area (Å²) in [7, 11) is -3.96. The lowest BCUT2D eigenvalue weighted by molar-refractivity contribution is 0.0946. The highest BCUT2D eigenvalue weighted by molar-refractivity contribution is 7.91. The third-order valence-corrected chi connectivity index (χ3v) is 4.90. The van der Waals surface area contributed by atoms with Gasteiger partial charge in [-0.1, -0.05) is 6.07 Å². The van der Waals surface area contributed by atoms with Gasteiger partial charge in [-0.3, -0.25) is 9.52 Å². The Morgan fingerprint density at radius 3 is 2.71 bits per heavy atom. The van der Waals surface area contributed by atoms with E-state index in [0.717, 1.165) is 23.8 Å². The minimum atomic E-state index is -3.96. The van der Waals surface area contributed by atoms with E-state index in [0.29, 0.717) is 18.5 Å². The fourth-order valence-corrected chi connectivity index (χ4v) is 3.74. The summed E-state index contributed by atoms with van der Waals surface area (Å²) in [5.74, 6) is -2.49. The van der Waals surface area contributed by atoms with Crippen LogP contribution in [-0.2, 0) is 22.2 Å². The lowest BCUT2D eigenvalue weighted by atomic mass is 10.00. The number of nitrogens with one attached hydrogen (secondary N) is 2. The zero-order valence-corrected chi connectivity index (χ0v) is 13.3. The smallest absolute Gasteiger partial charge is 0.251 e. The molecule has 0 bridgehead atoms. The molecule has 0 fully saturated rings. The molecule has 5 nitrogen and oxygen atoms in total. The van der Waals surface area contributed by atoms with E-state index >= 15 is 0 Å². The number of carbonyl (C=O) groups excluding carboxylic acids is 1. The molecule has 0 saturated heterocycles. The average Bonchev–Trinajstić information content (AvgIpc) is 2.51. The Hall–Kier alpha value is -2.48. The van der Waals surface area contributed by atoms with Crippen molar-refractivity contribution in [1.29, 1.82) is 0 Å². The molecule has 2 N–H and O–H groups in total. The number of carbonyl (C=O) groups is 1. The highest BCUT2D eigenvalue weighted by Gasteiger charge is 2.19. The number of anilines is 1. The summed E-state index contributed by atoms with van der Waals surface area (Å²) >= 11 is 0. The molecule has 0 atom stereocenters. The number of hydrogen-bond acceptors (Lipinski definition) is 3. The molecule has 24 heavy (non-hydrogen) atoms. The Bertz CT molecular complexity index is 914. The molecule has 3 rings (SSSR count). The quantitative estimate of drug-likeness (QED) is 0.886. The topological polar surface area (TPSA) is 75.3 Å². The predicted octanol–water partition coefficient (Wildman–Crippen LogP) is 2.19. The second-order valence-electron chi connectivity index (χ2n) is 5.47. The van der Waals surface area contributed by atoms with Crippen molar-refractivity contribution < 1.29 is 22.0 Å². The fraction of sp³-hybridized carbons (Fsp3) is 0.188. The van der Waals surface area contributed by atoms with E-state index in [1.165, 1.54) is 12.1 Å². The van der Waals surface area contributed by atoms with Crippen LogP contribution in [0.15, 0.2) is 36.4 Å². The van der Waals surface area contributed by atoms with E-state index in [1.807, 2.05) is 0 Å². The lowest BCUT2D eigenvalue weighted by Gasteiger charge is -2.17. The van der Waals surface area contributed by atoms with Crippen LogP contribution in [0.1, 0.15) is 21.5 Å². The maximum absolute atomic E-state index is 13.6. The first-order valence-electron chi connectivity index (χ1n) is 7.19. The molecule has 2 aromatic carbocycles. The normalized spacial score (nSPS) is 14.0. The molecule has 1 amide bonds. The molecule has 1 aliphatic rings. The van der Waals surface area contributed by atoms with Crippen LogP contribution in [0.2, 0.25) is 0 Å². The minimum Gasteiger partial charge on any atom is -0.352 e. The molecule has 0 saturated carbocycles. The highest BCUT2D eigenvalue weighted by Crippen LogP contribution is 2.21. The van der Waals surface area contributed by atoms with E-state index in [4.69, 9.17) is 0 Å². The molecule has 8 heteroatoms. The third kappa shape index (κ3) is 3.53. The second kappa shape index (κ2) is 6.20. The summed E-state index contributed by atoms with van der Waals surface area (Å²) in [6.45, 7) is 0.537. The SMILES string of the molecule is O=C1NCCc2ccc(NS(=O)(=O)Cc3cc(F)ccc3F)cc21. The monoisotopic (exact) mass is 352 g/mol. The molecular weight excluding hydrogens is 338 g/mol. The molecule has 1 heterocycles. The molecular formula is C16H14F2N2O3S. The number of sulfonamides is 1. The van der Waals surface area contributed by atoms with Crippen LogP contribution in [-0.4, -0.2) is 20.9 Å². The summed E-state index contributed by atoms with van der Waals surface area (Å²) in [5, 5.41) is 2.67. The van der Waals surface area contributed by atoms with Crippen LogP contribution in [0, 0.1) is 11.6 Å². The predicted molar refractivity (Wildman–Crippen MR) is 85.1 cm³/mol. The van der Waals surface area contributed by atoms with Crippen LogP contribution in [0.3, 0.4) is 0 Å². The summed E-state index contributed by atoms with van der Waals surface area (Å²) in [5.41, 5.74) is 1.16. The number of amides is 1. The summed E-state index contributed by atoms with van der Waals surface area (Å²) in [6, 6.07) is 7.29. The van der Waals surface area contributed by atoms with Crippen LogP contribution in [0.5, 0.6) is 0 Å². The molecule has 2 aromatic rings. The molecule has 0 unspecified atom stereocenters. The van der Waals surface area contributed by atoms with E-state index in [9.17, 15) is 22.0 Å². The van der Waals surface area contributed by atoms with Gasteiger partial charge in [0.1, 0.15) is 11.6 Å². The highest BCUT2D eigenvalue weighted by atomic mass is 32.2. The molecule has 0 radical (unpaired) electrons. The molecule has 0 aromatic heterocycles. The average molecular weight is 352 g/mol. The van der Waals surface area contributed by atoms with Crippen molar-refractivity contribution in [2.45, 2.75) is 12.2 Å². The largest absolute Gasteiger partial charge is 0.352 e. The van der Waals surface area contributed by atoms with Gasteiger partial charge in [0.05, 0.1) is 5.75 Å². The van der Waals surface area contributed by atoms with Gasteiger partial charge < -0.3 is 5.32 Å². The fourth-order valence-electron chi connectivity index (χ4n) is 2.55. The van der Waals surface area contributed by atoms with Crippen molar-refractivity contribution in [2.75, 3.05) is 11.3 Å². The molecule has 1 aliphatic heterocycles. The number of hydrogen-bond donors (Lipinski definition) is 2. The molecule has 126 valence electrons. The van der Waals surface area contributed by atoms with Gasteiger partial charge in [0.25, 0.3) is 5.91 Å². The zero-order chi connectivity index (χ0) is 17.3. The zero-order valence-electron chi connectivity index (χ0n) is 12.5. The molecule has 0 aliphatic carbocycles. The van der Waals surface area contributed by atoms with Gasteiger partial charge >= 0.3 is 0 Å². The van der Waals surface area contributed by atoms with Gasteiger partial charge in [-0.2, -0.15) is 0 Å². The van der Waals surface area contributed by atoms with Crippen molar-refractivity contribution in [2.24, 2.45) is 0 Å². The third-order valence-electron chi connectivity index (χ3n) is 3.66. The van der Waals surface area contributed by atoms with E-state index in [-0.39, 0.29) is 17.2 Å². The van der Waals surface area contributed by atoms with E-state index < -0.39 is 27.4 Å². The van der Waals surface area contributed by atoms with Crippen LogP contribution in [0.4, 0.5) is 14.5 Å². The standard InChI is InChI=1S/C16H14F2N2O3S/c17-12-2-4-15(18)11(7-12)9-24(22,23)20-13-3-1-10-5-6-19-16(21)14(10)8-13/h1-4,7-8,20H,5-6,9H2,(H,19,21). The number of halogens is 2. The van der Waals surface area contributed by atoms with Gasteiger partial charge in [-0.25, -0.2) is 17.2 Å². The Morgan fingerprint density at radius 2 is 1.92 bits per heavy atom. The molecule has 0 spiro atoms. The van der Waals surface area contributed by atoms with Gasteiger partial charge in [0.15, 0.2) is 0 Å². The van der Waals surface area contributed by atoms with E-state index in [1.54, 1.807) is 6.07 Å². The Labute approximate surface area is 137 Å². The maximum Gasteiger partial charge on any atom is 0.251 e. The van der Waals surface area contributed by atoms with Crippen molar-refractivity contribution >= 4 is 21.6 Å². The second-order valence-corrected chi connectivity index (χ2v) is 7.20. The van der Waals surface area contributed by atoms with Crippen molar-refractivity contribution in [3.8, 4) is 0 Å². The van der Waals surface area contributed by atoms with Gasteiger partial charge in [0.2, 0.25) is 10.0 Å². The summed E-state index contributed by atoms with van der Waals surface area (Å²) in [6.07, 6.45) is 0.669. The number of fused-ring (bicyclic) bond motifs is 1.